The second-order valence-corrected chi connectivity index (χ2v) is 6.00. The largest absolute Gasteiger partial charge is 0.357 e. The van der Waals surface area contributed by atoms with Crippen LogP contribution in [0, 0.1) is 0 Å². The van der Waals surface area contributed by atoms with Gasteiger partial charge in [0.2, 0.25) is 0 Å². The van der Waals surface area contributed by atoms with Crippen LogP contribution in [0.1, 0.15) is 20.8 Å². The third-order valence-electron chi connectivity index (χ3n) is 1.64. The number of thiazole rings is 2. The number of rotatable bonds is 2. The van der Waals surface area contributed by atoms with Gasteiger partial charge >= 0.3 is 0 Å². The number of nitrogens with zero attached hydrogens (tertiary/aromatic N) is 2. The minimum Gasteiger partial charge on any atom is -0.357 e. The van der Waals surface area contributed by atoms with Crippen LogP contribution in [0.25, 0.3) is 10.7 Å². The van der Waals surface area contributed by atoms with Crippen LogP contribution < -0.4 is 5.32 Å². The van der Waals surface area contributed by atoms with E-state index in [2.05, 4.69) is 36.1 Å². The lowest BCUT2D eigenvalue weighted by Gasteiger charge is -2.19. The molecule has 3 nitrogen and oxygen atoms in total. The lowest BCUT2D eigenvalue weighted by Crippen LogP contribution is -2.25. The Hall–Kier alpha value is -0.940. The first kappa shape index (κ1) is 10.6. The Morgan fingerprint density at radius 3 is 2.67 bits per heavy atom. The molecule has 2 rings (SSSR count). The highest BCUT2D eigenvalue weighted by Gasteiger charge is 2.13. The van der Waals surface area contributed by atoms with Gasteiger partial charge in [-0.1, -0.05) is 0 Å². The second-order valence-electron chi connectivity index (χ2n) is 4.25. The zero-order chi connectivity index (χ0) is 10.9. The highest BCUT2D eigenvalue weighted by atomic mass is 32.1. The summed E-state index contributed by atoms with van der Waals surface area (Å²) in [5.74, 6) is 0. The van der Waals surface area contributed by atoms with Gasteiger partial charge < -0.3 is 5.32 Å². The molecule has 0 fully saturated rings. The maximum atomic E-state index is 4.49. The summed E-state index contributed by atoms with van der Waals surface area (Å²) >= 11 is 3.23. The van der Waals surface area contributed by atoms with Gasteiger partial charge in [0.05, 0.1) is 0 Å². The van der Waals surface area contributed by atoms with Crippen molar-refractivity contribution in [2.45, 2.75) is 26.3 Å². The van der Waals surface area contributed by atoms with Crippen molar-refractivity contribution in [2.24, 2.45) is 0 Å². The molecule has 0 spiro atoms. The molecule has 0 aliphatic carbocycles. The van der Waals surface area contributed by atoms with Gasteiger partial charge in [0.15, 0.2) is 5.13 Å². The molecule has 80 valence electrons. The van der Waals surface area contributed by atoms with Crippen LogP contribution in [-0.4, -0.2) is 15.5 Å². The van der Waals surface area contributed by atoms with E-state index in [0.717, 1.165) is 15.8 Å². The van der Waals surface area contributed by atoms with E-state index in [1.807, 2.05) is 10.8 Å². The summed E-state index contributed by atoms with van der Waals surface area (Å²) in [6.45, 7) is 6.37. The fourth-order valence-electron chi connectivity index (χ4n) is 1.10. The molecule has 0 unspecified atom stereocenters. The van der Waals surface area contributed by atoms with E-state index in [1.54, 1.807) is 28.9 Å². The summed E-state index contributed by atoms with van der Waals surface area (Å²) < 4.78 is 0. The van der Waals surface area contributed by atoms with Crippen molar-refractivity contribution in [3.63, 3.8) is 0 Å². The molecule has 0 radical (unpaired) electrons. The minimum atomic E-state index is 0.0536. The standard InChI is InChI=1S/C10H13N3S2/c1-10(2,3)13-9-12-7(6-15-9)8-11-4-5-14-8/h4-6H,1-3H3,(H,12,13). The van der Waals surface area contributed by atoms with E-state index in [1.165, 1.54) is 0 Å². The Labute approximate surface area is 97.2 Å². The maximum Gasteiger partial charge on any atom is 0.183 e. The van der Waals surface area contributed by atoms with Crippen LogP contribution in [0.4, 0.5) is 5.13 Å². The molecule has 0 amide bonds. The predicted molar refractivity (Wildman–Crippen MR) is 66.6 cm³/mol. The highest BCUT2D eigenvalue weighted by molar-refractivity contribution is 7.15. The van der Waals surface area contributed by atoms with Gasteiger partial charge in [0, 0.05) is 22.5 Å². The van der Waals surface area contributed by atoms with Crippen molar-refractivity contribution >= 4 is 27.8 Å². The molecule has 0 aliphatic heterocycles. The third kappa shape index (κ3) is 2.76. The van der Waals surface area contributed by atoms with Crippen molar-refractivity contribution in [3.05, 3.63) is 17.0 Å². The first-order chi connectivity index (χ1) is 7.04. The van der Waals surface area contributed by atoms with Crippen LogP contribution in [0.3, 0.4) is 0 Å². The van der Waals surface area contributed by atoms with Gasteiger partial charge in [-0.25, -0.2) is 9.97 Å². The van der Waals surface area contributed by atoms with Crippen LogP contribution in [0.5, 0.6) is 0 Å². The third-order valence-corrected chi connectivity index (χ3v) is 3.19. The first-order valence-corrected chi connectivity index (χ1v) is 6.44. The van der Waals surface area contributed by atoms with Crippen LogP contribution in [0.2, 0.25) is 0 Å². The fourth-order valence-corrected chi connectivity index (χ4v) is 2.68. The lowest BCUT2D eigenvalue weighted by molar-refractivity contribution is 0.633. The first-order valence-electron chi connectivity index (χ1n) is 4.68. The van der Waals surface area contributed by atoms with Crippen molar-refractivity contribution in [1.82, 2.24) is 9.97 Å². The lowest BCUT2D eigenvalue weighted by atomic mass is 10.1. The minimum absolute atomic E-state index is 0.0536. The number of anilines is 1. The molecular formula is C10H13N3S2. The average molecular weight is 239 g/mol. The van der Waals surface area contributed by atoms with Crippen LogP contribution >= 0.6 is 22.7 Å². The maximum absolute atomic E-state index is 4.49. The van der Waals surface area contributed by atoms with E-state index in [0.29, 0.717) is 0 Å². The monoisotopic (exact) mass is 239 g/mol. The van der Waals surface area contributed by atoms with E-state index >= 15 is 0 Å². The molecule has 2 aromatic heterocycles. The topological polar surface area (TPSA) is 37.8 Å². The molecule has 1 N–H and O–H groups in total. The van der Waals surface area contributed by atoms with Gasteiger partial charge in [-0.3, -0.25) is 0 Å². The van der Waals surface area contributed by atoms with Crippen LogP contribution in [-0.2, 0) is 0 Å². The van der Waals surface area contributed by atoms with E-state index in [4.69, 9.17) is 0 Å². The van der Waals surface area contributed by atoms with Crippen molar-refractivity contribution in [1.29, 1.82) is 0 Å². The summed E-state index contributed by atoms with van der Waals surface area (Å²) in [5.41, 5.74) is 1.01. The smallest absolute Gasteiger partial charge is 0.183 e. The summed E-state index contributed by atoms with van der Waals surface area (Å²) in [6, 6.07) is 0. The summed E-state index contributed by atoms with van der Waals surface area (Å²) in [6.07, 6.45) is 1.80. The molecule has 0 aliphatic rings. The highest BCUT2D eigenvalue weighted by Crippen LogP contribution is 2.27. The molecule has 0 saturated carbocycles. The van der Waals surface area contributed by atoms with Crippen LogP contribution in [0.15, 0.2) is 17.0 Å². The van der Waals surface area contributed by atoms with Gasteiger partial charge in [0.1, 0.15) is 10.7 Å². The molecule has 0 aromatic carbocycles. The Bertz CT molecular complexity index is 426. The summed E-state index contributed by atoms with van der Waals surface area (Å²) in [4.78, 5) is 8.72. The zero-order valence-corrected chi connectivity index (χ0v) is 10.6. The molecule has 0 bridgehead atoms. The van der Waals surface area contributed by atoms with Gasteiger partial charge in [-0.05, 0) is 20.8 Å². The van der Waals surface area contributed by atoms with Crippen molar-refractivity contribution in [2.75, 3.05) is 5.32 Å². The van der Waals surface area contributed by atoms with Gasteiger partial charge in [-0.2, -0.15) is 0 Å². The Morgan fingerprint density at radius 2 is 2.07 bits per heavy atom. The molecule has 5 heteroatoms. The molecule has 0 atom stereocenters. The Kier molecular flexibility index (Phi) is 2.75. The van der Waals surface area contributed by atoms with Crippen molar-refractivity contribution < 1.29 is 0 Å². The quantitative estimate of drug-likeness (QED) is 0.872. The number of aromatic nitrogens is 2. The molecule has 15 heavy (non-hydrogen) atoms. The molecule has 0 saturated heterocycles. The normalized spacial score (nSPS) is 11.7. The van der Waals surface area contributed by atoms with E-state index in [9.17, 15) is 0 Å². The SMILES string of the molecule is CC(C)(C)Nc1nc(-c2nccs2)cs1. The zero-order valence-electron chi connectivity index (χ0n) is 8.94. The summed E-state index contributed by atoms with van der Waals surface area (Å²) in [5, 5.41) is 9.28. The Morgan fingerprint density at radius 1 is 1.27 bits per heavy atom. The van der Waals surface area contributed by atoms with Crippen molar-refractivity contribution in [3.8, 4) is 10.7 Å². The van der Waals surface area contributed by atoms with E-state index < -0.39 is 0 Å². The van der Waals surface area contributed by atoms with Gasteiger partial charge in [0.25, 0.3) is 0 Å². The number of hydrogen-bond acceptors (Lipinski definition) is 5. The fraction of sp³-hybridized carbons (Fsp3) is 0.400. The summed E-state index contributed by atoms with van der Waals surface area (Å²) in [7, 11) is 0. The second kappa shape index (κ2) is 3.90. The van der Waals surface area contributed by atoms with E-state index in [-0.39, 0.29) is 5.54 Å². The predicted octanol–water partition coefficient (Wildman–Crippen LogP) is 3.48. The Balaban J connectivity index is 2.18. The average Bonchev–Trinajstić information content (AvgIpc) is 2.68. The molecule has 2 aromatic rings. The number of nitrogens with one attached hydrogen (secondary N) is 1. The molecule has 2 heterocycles. The number of hydrogen-bond donors (Lipinski definition) is 1. The molecular weight excluding hydrogens is 226 g/mol. The van der Waals surface area contributed by atoms with Gasteiger partial charge in [-0.15, -0.1) is 22.7 Å².